The third-order valence-corrected chi connectivity index (χ3v) is 4.16. The summed E-state index contributed by atoms with van der Waals surface area (Å²) >= 11 is 5.05. The summed E-state index contributed by atoms with van der Waals surface area (Å²) in [6.07, 6.45) is 0. The number of hydrogen-bond donors (Lipinski definition) is 1. The molecule has 0 aliphatic heterocycles. The third-order valence-electron chi connectivity index (χ3n) is 2.54. The minimum absolute atomic E-state index is 0.516. The van der Waals surface area contributed by atoms with Gasteiger partial charge in [0.05, 0.1) is 14.2 Å². The van der Waals surface area contributed by atoms with Crippen LogP contribution in [0.3, 0.4) is 0 Å². The smallest absolute Gasteiger partial charge is 0.161 e. The van der Waals surface area contributed by atoms with Crippen LogP contribution in [-0.4, -0.2) is 25.9 Å². The van der Waals surface area contributed by atoms with Crippen molar-refractivity contribution in [2.24, 2.45) is 16.6 Å². The lowest BCUT2D eigenvalue weighted by atomic mass is 10.2. The van der Waals surface area contributed by atoms with E-state index in [0.717, 1.165) is 22.3 Å². The fourth-order valence-electron chi connectivity index (χ4n) is 1.48. The maximum atomic E-state index is 5.89. The van der Waals surface area contributed by atoms with Gasteiger partial charge in [-0.3, -0.25) is 4.99 Å². The number of methoxy groups -OCH3 is 2. The normalized spacial score (nSPS) is 11.8. The fourth-order valence-corrected chi connectivity index (χ4v) is 2.83. The van der Waals surface area contributed by atoms with E-state index in [0.29, 0.717) is 22.6 Å². The highest BCUT2D eigenvalue weighted by atomic mass is 79.9. The third kappa shape index (κ3) is 5.25. The summed E-state index contributed by atoms with van der Waals surface area (Å²) < 4.78 is 11.5. The van der Waals surface area contributed by atoms with Crippen molar-refractivity contribution in [3.05, 3.63) is 22.2 Å². The van der Waals surface area contributed by atoms with E-state index in [9.17, 15) is 0 Å². The van der Waals surface area contributed by atoms with Gasteiger partial charge in [-0.1, -0.05) is 41.5 Å². The van der Waals surface area contributed by atoms with Gasteiger partial charge in [0.2, 0.25) is 0 Å². The summed E-state index contributed by atoms with van der Waals surface area (Å²) in [5.74, 6) is 2.66. The van der Waals surface area contributed by atoms with E-state index < -0.39 is 0 Å². The molecule has 0 aliphatic rings. The number of hydrogen-bond acceptors (Lipinski definition) is 4. The summed E-state index contributed by atoms with van der Waals surface area (Å²) in [6, 6.07) is 3.85. The number of thioether (sulfide) groups is 1. The molecule has 0 radical (unpaired) electrons. The molecule has 0 spiro atoms. The molecule has 0 aliphatic carbocycles. The quantitative estimate of drug-likeness (QED) is 0.621. The Balaban J connectivity index is 2.75. The highest BCUT2D eigenvalue weighted by Gasteiger charge is 2.10. The first-order valence-electron chi connectivity index (χ1n) is 6.31. The van der Waals surface area contributed by atoms with Crippen molar-refractivity contribution >= 4 is 32.9 Å². The van der Waals surface area contributed by atoms with Gasteiger partial charge in [0.15, 0.2) is 16.7 Å². The Hall–Kier alpha value is -0.880. The predicted molar refractivity (Wildman–Crippen MR) is 89.9 cm³/mol. The van der Waals surface area contributed by atoms with Crippen molar-refractivity contribution in [2.45, 2.75) is 19.6 Å². The molecular weight excluding hydrogens is 340 g/mol. The molecule has 0 fully saturated rings. The summed E-state index contributed by atoms with van der Waals surface area (Å²) in [7, 11) is 3.25. The zero-order chi connectivity index (χ0) is 15.1. The maximum absolute atomic E-state index is 5.89. The van der Waals surface area contributed by atoms with Crippen LogP contribution in [0.25, 0.3) is 0 Å². The molecule has 1 aromatic carbocycles. The van der Waals surface area contributed by atoms with Gasteiger partial charge >= 0.3 is 0 Å². The molecular formula is C14H21BrN2O2S. The Kier molecular flexibility index (Phi) is 7.23. The molecule has 6 heteroatoms. The van der Waals surface area contributed by atoms with Gasteiger partial charge < -0.3 is 15.2 Å². The Morgan fingerprint density at radius 3 is 2.45 bits per heavy atom. The van der Waals surface area contributed by atoms with Gasteiger partial charge in [-0.25, -0.2) is 0 Å². The summed E-state index contributed by atoms with van der Waals surface area (Å²) in [4.78, 5) is 4.33. The van der Waals surface area contributed by atoms with E-state index in [4.69, 9.17) is 15.2 Å². The van der Waals surface area contributed by atoms with E-state index in [1.807, 2.05) is 12.1 Å². The first-order valence-corrected chi connectivity index (χ1v) is 8.08. The van der Waals surface area contributed by atoms with Crippen LogP contribution in [0.1, 0.15) is 19.4 Å². The van der Waals surface area contributed by atoms with Gasteiger partial charge in [0.1, 0.15) is 0 Å². The molecule has 0 heterocycles. The SMILES string of the molecule is COc1cc(Br)c(CSC(N)=NCC(C)C)cc1OC. The Labute approximate surface area is 133 Å². The Morgan fingerprint density at radius 2 is 1.90 bits per heavy atom. The predicted octanol–water partition coefficient (Wildman–Crippen LogP) is 3.67. The Bertz CT molecular complexity index is 478. The number of aliphatic imine (C=N–C) groups is 1. The van der Waals surface area contributed by atoms with E-state index >= 15 is 0 Å². The summed E-state index contributed by atoms with van der Waals surface area (Å²) in [6.45, 7) is 4.99. The highest BCUT2D eigenvalue weighted by Crippen LogP contribution is 2.34. The lowest BCUT2D eigenvalue weighted by molar-refractivity contribution is 0.354. The van der Waals surface area contributed by atoms with E-state index in [1.54, 1.807) is 14.2 Å². The number of nitrogens with two attached hydrogens (primary N) is 1. The average molecular weight is 361 g/mol. The molecule has 4 nitrogen and oxygen atoms in total. The van der Waals surface area contributed by atoms with Gasteiger partial charge in [0, 0.05) is 16.8 Å². The second-order valence-electron chi connectivity index (χ2n) is 4.66. The number of rotatable bonds is 6. The molecule has 1 rings (SSSR count). The monoisotopic (exact) mass is 360 g/mol. The fraction of sp³-hybridized carbons (Fsp3) is 0.500. The number of halogens is 1. The van der Waals surface area contributed by atoms with E-state index in [-0.39, 0.29) is 0 Å². The van der Waals surface area contributed by atoms with Crippen LogP contribution in [0.2, 0.25) is 0 Å². The van der Waals surface area contributed by atoms with Crippen LogP contribution >= 0.6 is 27.7 Å². The lowest BCUT2D eigenvalue weighted by Gasteiger charge is -2.11. The Morgan fingerprint density at radius 1 is 1.30 bits per heavy atom. The van der Waals surface area contributed by atoms with Crippen molar-refractivity contribution in [2.75, 3.05) is 20.8 Å². The molecule has 20 heavy (non-hydrogen) atoms. The molecule has 112 valence electrons. The summed E-state index contributed by atoms with van der Waals surface area (Å²) in [5.41, 5.74) is 6.98. The number of benzene rings is 1. The molecule has 0 amide bonds. The van der Waals surface area contributed by atoms with Crippen molar-refractivity contribution in [3.63, 3.8) is 0 Å². The largest absolute Gasteiger partial charge is 0.493 e. The number of ether oxygens (including phenoxy) is 2. The first-order chi connectivity index (χ1) is 9.47. The molecule has 2 N–H and O–H groups in total. The van der Waals surface area contributed by atoms with Gasteiger partial charge in [-0.05, 0) is 23.6 Å². The molecule has 1 aromatic rings. The summed E-state index contributed by atoms with van der Waals surface area (Å²) in [5, 5.41) is 0.611. The van der Waals surface area contributed by atoms with Crippen molar-refractivity contribution in [1.82, 2.24) is 0 Å². The highest BCUT2D eigenvalue weighted by molar-refractivity contribution is 9.10. The molecule has 0 saturated carbocycles. The van der Waals surface area contributed by atoms with Gasteiger partial charge in [0.25, 0.3) is 0 Å². The molecule has 0 unspecified atom stereocenters. The lowest BCUT2D eigenvalue weighted by Crippen LogP contribution is -2.09. The minimum atomic E-state index is 0.516. The number of nitrogens with zero attached hydrogens (tertiary/aromatic N) is 1. The van der Waals surface area contributed by atoms with Crippen LogP contribution in [0.15, 0.2) is 21.6 Å². The number of amidine groups is 1. The zero-order valence-corrected chi connectivity index (χ0v) is 14.7. The van der Waals surface area contributed by atoms with E-state index in [2.05, 4.69) is 34.8 Å². The second-order valence-corrected chi connectivity index (χ2v) is 6.51. The van der Waals surface area contributed by atoms with Crippen LogP contribution < -0.4 is 15.2 Å². The molecule has 0 atom stereocenters. The minimum Gasteiger partial charge on any atom is -0.493 e. The van der Waals surface area contributed by atoms with Crippen LogP contribution in [-0.2, 0) is 5.75 Å². The first kappa shape index (κ1) is 17.2. The molecule has 0 saturated heterocycles. The van der Waals surface area contributed by atoms with Crippen LogP contribution in [0.5, 0.6) is 11.5 Å². The standard InChI is InChI=1S/C14H21BrN2O2S/c1-9(2)7-17-14(16)20-8-10-5-12(18-3)13(19-4)6-11(10)15/h5-6,9H,7-8H2,1-4H3,(H2,16,17). The van der Waals surface area contributed by atoms with Gasteiger partial charge in [-0.15, -0.1) is 0 Å². The molecule has 0 aromatic heterocycles. The maximum Gasteiger partial charge on any atom is 0.161 e. The average Bonchev–Trinajstić information content (AvgIpc) is 2.43. The molecule has 0 bridgehead atoms. The zero-order valence-electron chi connectivity index (χ0n) is 12.3. The van der Waals surface area contributed by atoms with E-state index in [1.165, 1.54) is 11.8 Å². The van der Waals surface area contributed by atoms with Crippen molar-refractivity contribution in [1.29, 1.82) is 0 Å². The topological polar surface area (TPSA) is 56.8 Å². The van der Waals surface area contributed by atoms with Crippen molar-refractivity contribution in [3.8, 4) is 11.5 Å². The van der Waals surface area contributed by atoms with Crippen LogP contribution in [0.4, 0.5) is 0 Å². The van der Waals surface area contributed by atoms with Gasteiger partial charge in [-0.2, -0.15) is 0 Å². The van der Waals surface area contributed by atoms with Crippen LogP contribution in [0, 0.1) is 5.92 Å². The second kappa shape index (κ2) is 8.42. The van der Waals surface area contributed by atoms with Crippen molar-refractivity contribution < 1.29 is 9.47 Å².